The Bertz CT molecular complexity index is 376. The minimum atomic E-state index is -0.500. The molecule has 1 unspecified atom stereocenters. The van der Waals surface area contributed by atoms with Crippen molar-refractivity contribution in [2.45, 2.75) is 11.2 Å². The fourth-order valence-electron chi connectivity index (χ4n) is 1.17. The molecule has 1 aromatic rings. The third-order valence-corrected chi connectivity index (χ3v) is 2.88. The van der Waals surface area contributed by atoms with Crippen molar-refractivity contribution in [3.63, 3.8) is 0 Å². The minimum absolute atomic E-state index is 0.198. The van der Waals surface area contributed by atoms with E-state index in [1.807, 2.05) is 0 Å². The van der Waals surface area contributed by atoms with Gasteiger partial charge in [0.25, 0.3) is 0 Å². The van der Waals surface area contributed by atoms with Crippen molar-refractivity contribution in [3.05, 3.63) is 35.4 Å². The number of benzene rings is 1. The first-order chi connectivity index (χ1) is 7.00. The molecule has 0 saturated heterocycles. The Morgan fingerprint density at radius 1 is 1.20 bits per heavy atom. The summed E-state index contributed by atoms with van der Waals surface area (Å²) in [6.07, 6.45) is 0.198. The summed E-state index contributed by atoms with van der Waals surface area (Å²) < 4.78 is 0. The van der Waals surface area contributed by atoms with Crippen molar-refractivity contribution in [1.82, 2.24) is 0 Å². The van der Waals surface area contributed by atoms with E-state index in [4.69, 9.17) is 11.5 Å². The van der Waals surface area contributed by atoms with Crippen LogP contribution >= 0.6 is 15.9 Å². The van der Waals surface area contributed by atoms with Crippen molar-refractivity contribution in [1.29, 1.82) is 0 Å². The molecule has 0 fully saturated rings. The third kappa shape index (κ3) is 3.36. The molecule has 0 aliphatic heterocycles. The fraction of sp³-hybridized carbons (Fsp3) is 0.200. The third-order valence-electron chi connectivity index (χ3n) is 1.90. The standard InChI is InChI=1S/C10H11BrN2O2/c11-9(10(13)15)7-3-1-6(2-4-7)5-8(12)14/h1-4,9H,5H2,(H2,12,14)(H2,13,15). The normalized spacial score (nSPS) is 12.1. The Morgan fingerprint density at radius 2 is 1.73 bits per heavy atom. The molecule has 0 spiro atoms. The minimum Gasteiger partial charge on any atom is -0.369 e. The Morgan fingerprint density at radius 3 is 2.13 bits per heavy atom. The van der Waals surface area contributed by atoms with Crippen LogP contribution in [0.5, 0.6) is 0 Å². The molecule has 4 nitrogen and oxygen atoms in total. The SMILES string of the molecule is NC(=O)Cc1ccc(C(Br)C(N)=O)cc1. The highest BCUT2D eigenvalue weighted by Crippen LogP contribution is 2.22. The van der Waals surface area contributed by atoms with Gasteiger partial charge >= 0.3 is 0 Å². The highest BCUT2D eigenvalue weighted by molar-refractivity contribution is 9.09. The first-order valence-corrected chi connectivity index (χ1v) is 5.23. The molecule has 0 radical (unpaired) electrons. The summed E-state index contributed by atoms with van der Waals surface area (Å²) in [6, 6.07) is 6.97. The zero-order valence-electron chi connectivity index (χ0n) is 7.94. The number of amides is 2. The zero-order chi connectivity index (χ0) is 11.4. The van der Waals surface area contributed by atoms with Crippen LogP contribution in [0.1, 0.15) is 16.0 Å². The number of primary amides is 2. The van der Waals surface area contributed by atoms with E-state index in [-0.39, 0.29) is 12.3 Å². The van der Waals surface area contributed by atoms with Gasteiger partial charge in [0, 0.05) is 0 Å². The van der Waals surface area contributed by atoms with Gasteiger partial charge in [-0.15, -0.1) is 0 Å². The van der Waals surface area contributed by atoms with Crippen LogP contribution in [0.3, 0.4) is 0 Å². The van der Waals surface area contributed by atoms with Crippen molar-refractivity contribution < 1.29 is 9.59 Å². The molecule has 0 aromatic heterocycles. The molecule has 1 aromatic carbocycles. The number of hydrogen-bond acceptors (Lipinski definition) is 2. The number of carbonyl (C=O) groups is 2. The van der Waals surface area contributed by atoms with Gasteiger partial charge < -0.3 is 11.5 Å². The van der Waals surface area contributed by atoms with E-state index < -0.39 is 10.7 Å². The van der Waals surface area contributed by atoms with E-state index in [9.17, 15) is 9.59 Å². The highest BCUT2D eigenvalue weighted by atomic mass is 79.9. The molecule has 5 heteroatoms. The maximum absolute atomic E-state index is 10.9. The number of carbonyl (C=O) groups excluding carboxylic acids is 2. The monoisotopic (exact) mass is 270 g/mol. The second-order valence-corrected chi connectivity index (χ2v) is 4.07. The number of alkyl halides is 1. The number of rotatable bonds is 4. The van der Waals surface area contributed by atoms with Gasteiger partial charge in [-0.25, -0.2) is 0 Å². The lowest BCUT2D eigenvalue weighted by Crippen LogP contribution is -2.17. The lowest BCUT2D eigenvalue weighted by Gasteiger charge is -2.06. The van der Waals surface area contributed by atoms with Gasteiger partial charge in [0.2, 0.25) is 11.8 Å². The summed E-state index contributed by atoms with van der Waals surface area (Å²) in [5, 5.41) is 0. The van der Waals surface area contributed by atoms with Crippen molar-refractivity contribution >= 4 is 27.7 Å². The van der Waals surface area contributed by atoms with Gasteiger partial charge in [-0.3, -0.25) is 9.59 Å². The average molecular weight is 271 g/mol. The van der Waals surface area contributed by atoms with Gasteiger partial charge in [-0.05, 0) is 11.1 Å². The molecular weight excluding hydrogens is 260 g/mol. The summed E-state index contributed by atoms with van der Waals surface area (Å²) in [7, 11) is 0. The zero-order valence-corrected chi connectivity index (χ0v) is 9.53. The molecule has 80 valence electrons. The predicted octanol–water partition coefficient (Wildman–Crippen LogP) is 0.636. The molecule has 0 aliphatic rings. The van der Waals surface area contributed by atoms with Gasteiger partial charge in [0.1, 0.15) is 4.83 Å². The Labute approximate surface area is 95.8 Å². The smallest absolute Gasteiger partial charge is 0.235 e. The maximum Gasteiger partial charge on any atom is 0.235 e. The second kappa shape index (κ2) is 4.93. The average Bonchev–Trinajstić information content (AvgIpc) is 2.17. The molecule has 1 atom stereocenters. The fourth-order valence-corrected chi connectivity index (χ4v) is 1.48. The van der Waals surface area contributed by atoms with Crippen LogP contribution in [-0.2, 0) is 16.0 Å². The Hall–Kier alpha value is -1.36. The van der Waals surface area contributed by atoms with E-state index in [0.29, 0.717) is 0 Å². The molecular formula is C10H11BrN2O2. The topological polar surface area (TPSA) is 86.2 Å². The first-order valence-electron chi connectivity index (χ1n) is 4.31. The van der Waals surface area contributed by atoms with Crippen LogP contribution in [0.4, 0.5) is 0 Å². The van der Waals surface area contributed by atoms with E-state index in [1.165, 1.54) is 0 Å². The Kier molecular flexibility index (Phi) is 3.85. The number of hydrogen-bond donors (Lipinski definition) is 2. The highest BCUT2D eigenvalue weighted by Gasteiger charge is 2.12. The van der Waals surface area contributed by atoms with Crippen molar-refractivity contribution in [2.24, 2.45) is 11.5 Å². The largest absolute Gasteiger partial charge is 0.369 e. The van der Waals surface area contributed by atoms with Crippen LogP contribution in [0.15, 0.2) is 24.3 Å². The summed E-state index contributed by atoms with van der Waals surface area (Å²) in [5.41, 5.74) is 11.8. The molecule has 1 rings (SSSR count). The second-order valence-electron chi connectivity index (χ2n) is 3.15. The molecule has 0 bridgehead atoms. The summed E-state index contributed by atoms with van der Waals surface area (Å²) in [4.78, 5) is 21.0. The summed E-state index contributed by atoms with van der Waals surface area (Å²) in [6.45, 7) is 0. The van der Waals surface area contributed by atoms with Crippen LogP contribution in [-0.4, -0.2) is 11.8 Å². The van der Waals surface area contributed by atoms with Crippen LogP contribution in [0, 0.1) is 0 Å². The number of nitrogens with two attached hydrogens (primary N) is 2. The predicted molar refractivity (Wildman–Crippen MR) is 60.2 cm³/mol. The Balaban J connectivity index is 2.80. The van der Waals surface area contributed by atoms with E-state index >= 15 is 0 Å². The first kappa shape index (κ1) is 11.7. The van der Waals surface area contributed by atoms with E-state index in [1.54, 1.807) is 24.3 Å². The summed E-state index contributed by atoms with van der Waals surface area (Å²) >= 11 is 3.16. The lowest BCUT2D eigenvalue weighted by atomic mass is 10.1. The summed E-state index contributed by atoms with van der Waals surface area (Å²) in [5.74, 6) is -0.828. The lowest BCUT2D eigenvalue weighted by molar-refractivity contribution is -0.118. The van der Waals surface area contributed by atoms with E-state index in [0.717, 1.165) is 11.1 Å². The van der Waals surface area contributed by atoms with Gasteiger partial charge in [0.15, 0.2) is 0 Å². The van der Waals surface area contributed by atoms with Gasteiger partial charge in [0.05, 0.1) is 6.42 Å². The van der Waals surface area contributed by atoms with Gasteiger partial charge in [-0.1, -0.05) is 40.2 Å². The quantitative estimate of drug-likeness (QED) is 0.787. The maximum atomic E-state index is 10.9. The molecule has 0 heterocycles. The van der Waals surface area contributed by atoms with Crippen LogP contribution < -0.4 is 11.5 Å². The van der Waals surface area contributed by atoms with Crippen LogP contribution in [0.25, 0.3) is 0 Å². The molecule has 2 amide bonds. The molecule has 0 saturated carbocycles. The molecule has 4 N–H and O–H groups in total. The van der Waals surface area contributed by atoms with E-state index in [2.05, 4.69) is 15.9 Å². The van der Waals surface area contributed by atoms with Gasteiger partial charge in [-0.2, -0.15) is 0 Å². The van der Waals surface area contributed by atoms with Crippen molar-refractivity contribution in [2.75, 3.05) is 0 Å². The van der Waals surface area contributed by atoms with Crippen LogP contribution in [0.2, 0.25) is 0 Å². The number of halogens is 1. The molecule has 0 aliphatic carbocycles. The molecule has 15 heavy (non-hydrogen) atoms. The van der Waals surface area contributed by atoms with Crippen molar-refractivity contribution in [3.8, 4) is 0 Å².